The molecule has 0 N–H and O–H groups in total. The molecular weight excluding hydrogens is 396 g/mol. The van der Waals surface area contributed by atoms with E-state index >= 15 is 0 Å². The molecule has 1 fully saturated rings. The van der Waals surface area contributed by atoms with E-state index in [9.17, 15) is 4.79 Å². The number of hydrogen-bond acceptors (Lipinski definition) is 7. The van der Waals surface area contributed by atoms with Gasteiger partial charge in [-0.3, -0.25) is 4.79 Å². The highest BCUT2D eigenvalue weighted by molar-refractivity contribution is 8.77. The van der Waals surface area contributed by atoms with Gasteiger partial charge in [0.05, 0.1) is 39.6 Å². The molecular formula is C21H32O5S2. The van der Waals surface area contributed by atoms with Crippen LogP contribution in [0.2, 0.25) is 0 Å². The van der Waals surface area contributed by atoms with Crippen molar-refractivity contribution >= 4 is 27.6 Å². The molecule has 28 heavy (non-hydrogen) atoms. The summed E-state index contributed by atoms with van der Waals surface area (Å²) in [6.45, 7) is 3.44. The Kier molecular flexibility index (Phi) is 13.5. The van der Waals surface area contributed by atoms with Gasteiger partial charge in [-0.25, -0.2) is 0 Å². The summed E-state index contributed by atoms with van der Waals surface area (Å²) in [5, 5.41) is 0.784. The van der Waals surface area contributed by atoms with Gasteiger partial charge in [-0.05, 0) is 24.8 Å². The normalized spacial score (nSPS) is 16.4. The molecule has 0 amide bonds. The molecule has 1 aliphatic heterocycles. The number of esters is 1. The van der Waals surface area contributed by atoms with Crippen molar-refractivity contribution in [3.8, 4) is 0 Å². The first kappa shape index (κ1) is 23.5. The van der Waals surface area contributed by atoms with E-state index in [1.165, 1.54) is 18.6 Å². The Morgan fingerprint density at radius 2 is 1.64 bits per heavy atom. The van der Waals surface area contributed by atoms with Crippen LogP contribution >= 0.6 is 21.6 Å². The van der Waals surface area contributed by atoms with Crippen LogP contribution in [-0.2, 0) is 30.3 Å². The fourth-order valence-corrected chi connectivity index (χ4v) is 5.72. The van der Waals surface area contributed by atoms with Crippen LogP contribution in [0.5, 0.6) is 0 Å². The first-order chi connectivity index (χ1) is 13.8. The molecule has 0 spiro atoms. The third-order valence-electron chi connectivity index (χ3n) is 4.23. The van der Waals surface area contributed by atoms with Crippen LogP contribution in [0.15, 0.2) is 30.3 Å². The zero-order chi connectivity index (χ0) is 19.7. The minimum absolute atomic E-state index is 0.121. The maximum absolute atomic E-state index is 11.7. The molecule has 1 atom stereocenters. The van der Waals surface area contributed by atoms with Crippen LogP contribution in [0.4, 0.5) is 0 Å². The minimum Gasteiger partial charge on any atom is -0.463 e. The average Bonchev–Trinajstić information content (AvgIpc) is 3.24. The van der Waals surface area contributed by atoms with Crippen molar-refractivity contribution in [1.82, 2.24) is 0 Å². The second kappa shape index (κ2) is 16.1. The van der Waals surface area contributed by atoms with Crippen molar-refractivity contribution in [2.45, 2.75) is 44.0 Å². The Labute approximate surface area is 176 Å². The molecule has 0 saturated carbocycles. The Morgan fingerprint density at radius 1 is 0.929 bits per heavy atom. The molecule has 158 valence electrons. The van der Waals surface area contributed by atoms with Crippen LogP contribution in [0.1, 0.15) is 37.7 Å². The smallest absolute Gasteiger partial charge is 0.305 e. The van der Waals surface area contributed by atoms with Crippen molar-refractivity contribution < 1.29 is 23.7 Å². The van der Waals surface area contributed by atoms with Crippen LogP contribution < -0.4 is 0 Å². The molecule has 1 aromatic rings. The molecule has 0 bridgehead atoms. The highest BCUT2D eigenvalue weighted by Gasteiger charge is 2.15. The van der Waals surface area contributed by atoms with Crippen molar-refractivity contribution in [3.63, 3.8) is 0 Å². The molecule has 1 unspecified atom stereocenters. The van der Waals surface area contributed by atoms with E-state index in [1.807, 2.05) is 51.9 Å². The molecule has 2 rings (SSSR count). The quantitative estimate of drug-likeness (QED) is 0.218. The Morgan fingerprint density at radius 3 is 2.36 bits per heavy atom. The van der Waals surface area contributed by atoms with Gasteiger partial charge in [-0.15, -0.1) is 0 Å². The summed E-state index contributed by atoms with van der Waals surface area (Å²) in [7, 11) is 3.96. The summed E-state index contributed by atoms with van der Waals surface area (Å²) in [5.74, 6) is 1.15. The predicted molar refractivity (Wildman–Crippen MR) is 116 cm³/mol. The van der Waals surface area contributed by atoms with Crippen LogP contribution in [-0.4, -0.2) is 56.6 Å². The topological polar surface area (TPSA) is 54.0 Å². The number of rotatable bonds is 16. The van der Waals surface area contributed by atoms with E-state index in [0.29, 0.717) is 52.7 Å². The zero-order valence-corrected chi connectivity index (χ0v) is 18.1. The van der Waals surface area contributed by atoms with Crippen molar-refractivity contribution in [2.75, 3.05) is 45.4 Å². The molecule has 0 aliphatic carbocycles. The Hall–Kier alpha value is -0.730. The number of benzene rings is 1. The van der Waals surface area contributed by atoms with Gasteiger partial charge in [-0.1, -0.05) is 58.3 Å². The van der Waals surface area contributed by atoms with Gasteiger partial charge in [0.1, 0.15) is 6.61 Å². The molecule has 0 radical (unpaired) electrons. The predicted octanol–water partition coefficient (Wildman–Crippen LogP) is 4.49. The Balaban J connectivity index is 1.28. The van der Waals surface area contributed by atoms with E-state index < -0.39 is 0 Å². The van der Waals surface area contributed by atoms with E-state index in [4.69, 9.17) is 18.9 Å². The van der Waals surface area contributed by atoms with Gasteiger partial charge < -0.3 is 18.9 Å². The average molecular weight is 429 g/mol. The first-order valence-electron chi connectivity index (χ1n) is 10.1. The molecule has 7 heteroatoms. The van der Waals surface area contributed by atoms with Gasteiger partial charge in [0.25, 0.3) is 0 Å². The van der Waals surface area contributed by atoms with Gasteiger partial charge in [-0.2, -0.15) is 0 Å². The van der Waals surface area contributed by atoms with Crippen molar-refractivity contribution in [1.29, 1.82) is 0 Å². The number of carbonyl (C=O) groups is 1. The second-order valence-corrected chi connectivity index (χ2v) is 9.35. The second-order valence-electron chi connectivity index (χ2n) is 6.56. The molecule has 1 saturated heterocycles. The molecule has 1 heterocycles. The lowest BCUT2D eigenvalue weighted by Gasteiger charge is -2.08. The lowest BCUT2D eigenvalue weighted by atomic mass is 10.1. The zero-order valence-electron chi connectivity index (χ0n) is 16.5. The summed E-state index contributed by atoms with van der Waals surface area (Å²) < 4.78 is 21.6. The van der Waals surface area contributed by atoms with E-state index in [2.05, 4.69) is 0 Å². The number of ether oxygens (including phenoxy) is 4. The molecule has 5 nitrogen and oxygen atoms in total. The van der Waals surface area contributed by atoms with Crippen LogP contribution in [0, 0.1) is 0 Å². The molecule has 0 aromatic heterocycles. The van der Waals surface area contributed by atoms with E-state index in [1.54, 1.807) is 0 Å². The lowest BCUT2D eigenvalue weighted by molar-refractivity contribution is -0.145. The summed E-state index contributed by atoms with van der Waals surface area (Å²) in [6, 6.07) is 10.1. The SMILES string of the molecule is O=C(CCCCC1CCSS1)OCCOCCOCCOCc1ccccc1. The van der Waals surface area contributed by atoms with Crippen LogP contribution in [0.25, 0.3) is 0 Å². The van der Waals surface area contributed by atoms with Gasteiger partial charge in [0.15, 0.2) is 0 Å². The highest BCUT2D eigenvalue weighted by atomic mass is 33.1. The fraction of sp³-hybridized carbons (Fsp3) is 0.667. The largest absolute Gasteiger partial charge is 0.463 e. The molecule has 1 aliphatic rings. The van der Waals surface area contributed by atoms with Crippen molar-refractivity contribution in [2.24, 2.45) is 0 Å². The third-order valence-corrected chi connectivity index (χ3v) is 7.24. The van der Waals surface area contributed by atoms with Gasteiger partial charge in [0, 0.05) is 17.4 Å². The third kappa shape index (κ3) is 12.0. The number of unbranched alkanes of at least 4 members (excludes halogenated alkanes) is 1. The summed E-state index contributed by atoms with van der Waals surface area (Å²) >= 11 is 0. The summed E-state index contributed by atoms with van der Waals surface area (Å²) in [4.78, 5) is 11.7. The molecule has 1 aromatic carbocycles. The lowest BCUT2D eigenvalue weighted by Crippen LogP contribution is -2.14. The summed E-state index contributed by atoms with van der Waals surface area (Å²) in [5.41, 5.74) is 1.16. The van der Waals surface area contributed by atoms with E-state index in [-0.39, 0.29) is 5.97 Å². The maximum Gasteiger partial charge on any atom is 0.305 e. The monoisotopic (exact) mass is 428 g/mol. The van der Waals surface area contributed by atoms with Crippen molar-refractivity contribution in [3.05, 3.63) is 35.9 Å². The highest BCUT2D eigenvalue weighted by Crippen LogP contribution is 2.39. The standard InChI is InChI=1S/C21H32O5S2/c22-21(9-5-4-8-20-10-17-27-28-20)26-16-15-24-12-11-23-13-14-25-18-19-6-2-1-3-7-19/h1-3,6-7,20H,4-5,8-18H2. The van der Waals surface area contributed by atoms with Gasteiger partial charge >= 0.3 is 5.97 Å². The maximum atomic E-state index is 11.7. The first-order valence-corrected chi connectivity index (χ1v) is 12.4. The minimum atomic E-state index is -0.121. The summed E-state index contributed by atoms with van der Waals surface area (Å²) in [6.07, 6.45) is 5.06. The van der Waals surface area contributed by atoms with E-state index in [0.717, 1.165) is 23.7 Å². The number of hydrogen-bond donors (Lipinski definition) is 0. The number of carbonyl (C=O) groups excluding carboxylic acids is 1. The Bertz CT molecular complexity index is 509. The fourth-order valence-electron chi connectivity index (χ4n) is 2.70. The van der Waals surface area contributed by atoms with Gasteiger partial charge in [0.2, 0.25) is 0 Å². The van der Waals surface area contributed by atoms with Crippen LogP contribution in [0.3, 0.4) is 0 Å².